The van der Waals surface area contributed by atoms with E-state index >= 15 is 0 Å². The van der Waals surface area contributed by atoms with Crippen LogP contribution in [0.5, 0.6) is 0 Å². The largest absolute Gasteiger partial charge is 0.353 e. The summed E-state index contributed by atoms with van der Waals surface area (Å²) in [6, 6.07) is 2.91. The Morgan fingerprint density at radius 1 is 1.13 bits per heavy atom. The fourth-order valence-electron chi connectivity index (χ4n) is 3.21. The molecule has 0 bridgehead atoms. The first-order valence-electron chi connectivity index (χ1n) is 7.70. The van der Waals surface area contributed by atoms with Crippen molar-refractivity contribution in [3.63, 3.8) is 0 Å². The van der Waals surface area contributed by atoms with Gasteiger partial charge in [-0.3, -0.25) is 10.1 Å². The lowest BCUT2D eigenvalue weighted by molar-refractivity contribution is -0.384. The first-order valence-corrected chi connectivity index (χ1v) is 7.70. The summed E-state index contributed by atoms with van der Waals surface area (Å²) in [6.45, 7) is 4.19. The normalized spacial score (nSPS) is 31.0. The van der Waals surface area contributed by atoms with Crippen LogP contribution in [0.1, 0.15) is 26.7 Å². The fourth-order valence-corrected chi connectivity index (χ4v) is 3.21. The number of nitro groups is 1. The summed E-state index contributed by atoms with van der Waals surface area (Å²) in [5.41, 5.74) is -2.81. The minimum Gasteiger partial charge on any atom is -0.353 e. The Labute approximate surface area is 133 Å². The van der Waals surface area contributed by atoms with E-state index in [9.17, 15) is 18.9 Å². The van der Waals surface area contributed by atoms with Crippen molar-refractivity contribution in [2.24, 2.45) is 0 Å². The first-order chi connectivity index (χ1) is 10.7. The van der Waals surface area contributed by atoms with E-state index in [1.54, 1.807) is 9.80 Å². The number of aromatic nitrogens is 1. The zero-order valence-corrected chi connectivity index (χ0v) is 13.3. The number of alkyl halides is 2. The third-order valence-electron chi connectivity index (χ3n) is 4.51. The molecule has 2 atom stereocenters. The Hall–Kier alpha value is -1.99. The van der Waals surface area contributed by atoms with Crippen LogP contribution in [0, 0.1) is 10.1 Å². The number of halogens is 2. The van der Waals surface area contributed by atoms with E-state index in [0.717, 1.165) is 0 Å². The van der Waals surface area contributed by atoms with Crippen molar-refractivity contribution in [3.8, 4) is 0 Å². The van der Waals surface area contributed by atoms with Crippen LogP contribution in [0.15, 0.2) is 12.1 Å². The average Bonchev–Trinajstić information content (AvgIpc) is 3.00. The molecule has 3 heterocycles. The second-order valence-electron chi connectivity index (χ2n) is 6.94. The van der Waals surface area contributed by atoms with Gasteiger partial charge < -0.3 is 9.80 Å². The molecule has 2 saturated heterocycles. The lowest BCUT2D eigenvalue weighted by Crippen LogP contribution is -2.29. The van der Waals surface area contributed by atoms with Crippen molar-refractivity contribution < 1.29 is 13.7 Å². The van der Waals surface area contributed by atoms with Crippen LogP contribution in [-0.4, -0.2) is 47.4 Å². The Bertz CT molecular complexity index is 636. The van der Waals surface area contributed by atoms with Crippen LogP contribution >= 0.6 is 0 Å². The topological polar surface area (TPSA) is 62.5 Å². The summed E-state index contributed by atoms with van der Waals surface area (Å²) in [5, 5.41) is 11.2. The molecule has 2 aliphatic rings. The second-order valence-corrected chi connectivity index (χ2v) is 6.94. The van der Waals surface area contributed by atoms with Gasteiger partial charge in [-0.1, -0.05) is 0 Å². The monoisotopic (exact) mass is 326 g/mol. The van der Waals surface area contributed by atoms with E-state index in [4.69, 9.17) is 0 Å². The van der Waals surface area contributed by atoms with Gasteiger partial charge in [-0.2, -0.15) is 0 Å². The number of hydrogen-bond acceptors (Lipinski definition) is 5. The molecule has 23 heavy (non-hydrogen) atoms. The average molecular weight is 326 g/mol. The molecule has 8 heteroatoms. The number of nitrogens with zero attached hydrogens (tertiary/aromatic N) is 4. The maximum atomic E-state index is 14.1. The molecule has 3 rings (SSSR count). The van der Waals surface area contributed by atoms with Gasteiger partial charge in [0.25, 0.3) is 0 Å². The zero-order chi connectivity index (χ0) is 16.8. The van der Waals surface area contributed by atoms with Gasteiger partial charge in [-0.25, -0.2) is 13.8 Å². The van der Waals surface area contributed by atoms with E-state index in [-0.39, 0.29) is 24.6 Å². The molecule has 0 aliphatic carbocycles. The summed E-state index contributed by atoms with van der Waals surface area (Å²) < 4.78 is 28.1. The van der Waals surface area contributed by atoms with Crippen molar-refractivity contribution in [1.82, 2.24) is 4.98 Å². The molecule has 2 unspecified atom stereocenters. The molecule has 2 fully saturated rings. The van der Waals surface area contributed by atoms with E-state index in [1.807, 2.05) is 0 Å². The van der Waals surface area contributed by atoms with Crippen molar-refractivity contribution >= 4 is 17.3 Å². The first kappa shape index (κ1) is 15.9. The quantitative estimate of drug-likeness (QED) is 0.631. The van der Waals surface area contributed by atoms with Gasteiger partial charge in [-0.15, -0.1) is 0 Å². The van der Waals surface area contributed by atoms with Gasteiger partial charge in [0.2, 0.25) is 5.82 Å². The van der Waals surface area contributed by atoms with Crippen LogP contribution in [0.25, 0.3) is 0 Å². The highest BCUT2D eigenvalue weighted by molar-refractivity contribution is 5.63. The summed E-state index contributed by atoms with van der Waals surface area (Å²) in [4.78, 5) is 18.5. The zero-order valence-electron chi connectivity index (χ0n) is 13.3. The van der Waals surface area contributed by atoms with Crippen LogP contribution in [-0.2, 0) is 0 Å². The van der Waals surface area contributed by atoms with Crippen molar-refractivity contribution in [2.45, 2.75) is 38.0 Å². The van der Waals surface area contributed by atoms with Crippen molar-refractivity contribution in [2.75, 3.05) is 36.0 Å². The van der Waals surface area contributed by atoms with Crippen LogP contribution in [0.4, 0.5) is 26.1 Å². The van der Waals surface area contributed by atoms with Gasteiger partial charge in [0.15, 0.2) is 0 Å². The smallest absolute Gasteiger partial charge is 0.311 e. The highest BCUT2D eigenvalue weighted by Gasteiger charge is 2.38. The summed E-state index contributed by atoms with van der Waals surface area (Å²) in [5.74, 6) is 0.667. The second kappa shape index (κ2) is 5.28. The molecule has 0 saturated carbocycles. The van der Waals surface area contributed by atoms with E-state index < -0.39 is 16.3 Å². The number of pyridine rings is 1. The van der Waals surface area contributed by atoms with Gasteiger partial charge in [0.05, 0.1) is 18.0 Å². The number of anilines is 2. The standard InChI is InChI=1S/C15H20F2N4O2/c1-14(16)5-7-19(9-14)12-4-3-11(21(22)23)13(18-12)20-8-6-15(2,17)10-20/h3-4H,5-10H2,1-2H3. The van der Waals surface area contributed by atoms with Gasteiger partial charge in [0, 0.05) is 32.0 Å². The van der Waals surface area contributed by atoms with Crippen LogP contribution in [0.2, 0.25) is 0 Å². The lowest BCUT2D eigenvalue weighted by Gasteiger charge is -2.22. The molecule has 1 aromatic heterocycles. The number of hydrogen-bond donors (Lipinski definition) is 0. The third-order valence-corrected chi connectivity index (χ3v) is 4.51. The lowest BCUT2D eigenvalue weighted by atomic mass is 10.1. The maximum absolute atomic E-state index is 14.1. The van der Waals surface area contributed by atoms with E-state index in [2.05, 4.69) is 4.98 Å². The molecular weight excluding hydrogens is 306 g/mol. The highest BCUT2D eigenvalue weighted by Crippen LogP contribution is 2.36. The third kappa shape index (κ3) is 3.20. The maximum Gasteiger partial charge on any atom is 0.311 e. The van der Waals surface area contributed by atoms with Gasteiger partial charge >= 0.3 is 5.69 Å². The fraction of sp³-hybridized carbons (Fsp3) is 0.667. The van der Waals surface area contributed by atoms with E-state index in [0.29, 0.717) is 31.7 Å². The molecule has 0 radical (unpaired) electrons. The predicted octanol–water partition coefficient (Wildman–Crippen LogP) is 2.87. The van der Waals surface area contributed by atoms with Crippen molar-refractivity contribution in [3.05, 3.63) is 22.2 Å². The Morgan fingerprint density at radius 2 is 1.70 bits per heavy atom. The van der Waals surface area contributed by atoms with Crippen LogP contribution in [0.3, 0.4) is 0 Å². The van der Waals surface area contributed by atoms with Gasteiger partial charge in [0.1, 0.15) is 17.2 Å². The Morgan fingerprint density at radius 3 is 2.17 bits per heavy atom. The molecule has 1 aromatic rings. The summed E-state index contributed by atoms with van der Waals surface area (Å²) in [7, 11) is 0. The Kier molecular flexibility index (Phi) is 3.65. The Balaban J connectivity index is 1.93. The van der Waals surface area contributed by atoms with E-state index in [1.165, 1.54) is 26.0 Å². The number of rotatable bonds is 3. The molecule has 0 N–H and O–H groups in total. The minimum atomic E-state index is -1.38. The highest BCUT2D eigenvalue weighted by atomic mass is 19.1. The molecule has 0 spiro atoms. The summed E-state index contributed by atoms with van der Waals surface area (Å²) in [6.07, 6.45) is 0.704. The minimum absolute atomic E-state index is 0.0745. The van der Waals surface area contributed by atoms with Gasteiger partial charge in [-0.05, 0) is 19.9 Å². The molecule has 2 aliphatic heterocycles. The molecule has 0 aromatic carbocycles. The van der Waals surface area contributed by atoms with Crippen molar-refractivity contribution in [1.29, 1.82) is 0 Å². The predicted molar refractivity (Wildman–Crippen MR) is 83.6 cm³/mol. The molecule has 6 nitrogen and oxygen atoms in total. The molecular formula is C15H20F2N4O2. The summed E-state index contributed by atoms with van der Waals surface area (Å²) >= 11 is 0. The molecule has 0 amide bonds. The molecule has 126 valence electrons. The SMILES string of the molecule is CC1(F)CCN(c2ccc([N+](=O)[O-])c(N3CCC(C)(F)C3)n2)C1. The van der Waals surface area contributed by atoms with Crippen LogP contribution < -0.4 is 9.80 Å².